The number of carbonyl (C=O) groups is 15. The molecule has 1 heterocycles. The summed E-state index contributed by atoms with van der Waals surface area (Å²) in [5.41, 5.74) is 34.0. The first-order chi connectivity index (χ1) is 61.9. The molecule has 0 aliphatic carbocycles. The van der Waals surface area contributed by atoms with Crippen molar-refractivity contribution in [3.8, 4) is 33.8 Å². The van der Waals surface area contributed by atoms with Crippen molar-refractivity contribution in [3.63, 3.8) is 0 Å². The zero-order valence-corrected chi connectivity index (χ0v) is 70.8. The van der Waals surface area contributed by atoms with Gasteiger partial charge in [0.2, 0.25) is 35.7 Å². The summed E-state index contributed by atoms with van der Waals surface area (Å²) < 4.78 is 23.6. The second-order valence-electron chi connectivity index (χ2n) is 28.4. The maximum atomic E-state index is 13.2. The van der Waals surface area contributed by atoms with Gasteiger partial charge in [0.1, 0.15) is 36.0 Å². The van der Waals surface area contributed by atoms with Crippen LogP contribution < -0.4 is 64.7 Å². The van der Waals surface area contributed by atoms with Crippen molar-refractivity contribution in [2.24, 2.45) is 28.7 Å². The molecule has 5 atom stereocenters. The number of fused-ring (bicyclic) bond motifs is 1. The molecule has 27 nitrogen and oxygen atoms in total. The topological polar surface area (TPSA) is 465 Å². The summed E-state index contributed by atoms with van der Waals surface area (Å²) in [5.74, 6) is -12.2. The van der Waals surface area contributed by atoms with E-state index in [2.05, 4.69) is 26.6 Å². The van der Waals surface area contributed by atoms with Gasteiger partial charge in [-0.1, -0.05) is 277 Å². The van der Waals surface area contributed by atoms with E-state index in [-0.39, 0.29) is 65.6 Å². The number of nitrogens with one attached hydrogen (secondary N) is 5. The molecule has 0 saturated carbocycles. The van der Waals surface area contributed by atoms with Gasteiger partial charge in [0.05, 0.1) is 21.2 Å². The summed E-state index contributed by atoms with van der Waals surface area (Å²) in [6.07, 6.45) is 0.741. The second-order valence-corrected chi connectivity index (χ2v) is 29.6. The van der Waals surface area contributed by atoms with Gasteiger partial charge in [0.15, 0.2) is 11.5 Å². The molecule has 129 heavy (non-hydrogen) atoms. The highest BCUT2D eigenvalue weighted by Crippen LogP contribution is 2.33. The molecular formula is C98H84Cl3FN10O17. The molecule has 0 aromatic heterocycles. The second kappa shape index (κ2) is 48.4. The maximum Gasteiger partial charge on any atom is 0.287 e. The Morgan fingerprint density at radius 3 is 0.984 bits per heavy atom. The van der Waals surface area contributed by atoms with Crippen LogP contribution in [0, 0.1) is 5.82 Å². The predicted molar refractivity (Wildman–Crippen MR) is 482 cm³/mol. The van der Waals surface area contributed by atoms with Crippen molar-refractivity contribution in [1.82, 2.24) is 26.6 Å². The Bertz CT molecular complexity index is 6040. The molecule has 2 unspecified atom stereocenters. The average molecular weight is 1800 g/mol. The first-order valence-corrected chi connectivity index (χ1v) is 40.6. The van der Waals surface area contributed by atoms with Gasteiger partial charge in [-0.2, -0.15) is 0 Å². The molecular weight excluding hydrogens is 1710 g/mol. The summed E-state index contributed by atoms with van der Waals surface area (Å²) in [7, 11) is 0. The lowest BCUT2D eigenvalue weighted by Gasteiger charge is -2.18. The smallest absolute Gasteiger partial charge is 0.287 e. The number of ketones is 5. The fourth-order valence-electron chi connectivity index (χ4n) is 12.7. The number of ether oxygens (including phenoxy) is 2. The van der Waals surface area contributed by atoms with Crippen LogP contribution in [0.4, 0.5) is 4.39 Å². The Morgan fingerprint density at radius 1 is 0.287 bits per heavy atom. The maximum absolute atomic E-state index is 13.2. The Morgan fingerprint density at radius 2 is 0.605 bits per heavy atom. The van der Waals surface area contributed by atoms with E-state index in [9.17, 15) is 76.3 Å². The Balaban J connectivity index is 0.000000182. The Labute approximate surface area is 754 Å². The number of primary amides is 5. The molecule has 13 rings (SSSR count). The number of nitrogens with two attached hydrogens (primary N) is 5. The Kier molecular flexibility index (Phi) is 36.3. The molecule has 1 aliphatic rings. The van der Waals surface area contributed by atoms with Gasteiger partial charge in [-0.25, -0.2) is 4.39 Å². The minimum Gasteiger partial charge on any atom is -0.454 e. The number of halogens is 4. The molecule has 10 amide bonds. The van der Waals surface area contributed by atoms with Gasteiger partial charge < -0.3 is 64.7 Å². The van der Waals surface area contributed by atoms with E-state index in [1.54, 1.807) is 133 Å². The number of hydrogen-bond donors (Lipinski definition) is 10. The van der Waals surface area contributed by atoms with Crippen molar-refractivity contribution >= 4 is 123 Å². The number of amides is 10. The van der Waals surface area contributed by atoms with Gasteiger partial charge in [-0.3, -0.25) is 71.9 Å². The minimum atomic E-state index is -1.13. The first kappa shape index (κ1) is 96.9. The number of carbonyl (C=O) groups excluding carboxylic acids is 15. The zero-order chi connectivity index (χ0) is 93.1. The standard InChI is InChI=1S/C23H19ClN2O3.C23H20N2O3.C18H16N2O5.C17H14Cl2N2O3.C17H15FN2O3/c24-18-13-7-12-17(16-10-5-2-6-11-16)20(18)23(29)26-19(21(27)22(25)28)14-15-8-3-1-4-9-15;24-22(27)21(26)20(15-16-7-3-1-4-8-16)25-23(28)19-13-11-18(12-14-19)17-9-5-2-6-10-17;19-17(22)16(21)13(8-11-4-2-1-3-5-11)20-18(23)12-6-7-14-15(9-12)25-10-24-14;18-11-6-7-13(19)12(9-11)17(24)21-14(15(22)16(20)23)8-10-4-2-1-3-5-10;18-13-8-4-7-12(10-13)17(23)20-14(15(21)16(19)22)9-11-5-2-1-3-6-11/h1-13,19H,14H2,(H2,25,28)(H,26,29);1-14,20H,15H2,(H2,24,27)(H,25,28);1-7,9,13H,8,10H2,(H2,19,22)(H,20,23);1-7,9,14H,8H2,(H2,20,23)(H,21,24);1-8,10,14H,9H2,(H2,19,22)(H,20,23)/t19-;20-;;14-;/m00.0./s1. The molecule has 15 N–H and O–H groups in total. The van der Waals surface area contributed by atoms with Gasteiger partial charge in [-0.15, -0.1) is 0 Å². The fourth-order valence-corrected chi connectivity index (χ4v) is 13.4. The lowest BCUT2D eigenvalue weighted by Crippen LogP contribution is -2.47. The summed E-state index contributed by atoms with van der Waals surface area (Å²) >= 11 is 18.2. The number of hydrogen-bond acceptors (Lipinski definition) is 17. The van der Waals surface area contributed by atoms with Gasteiger partial charge >= 0.3 is 0 Å². The van der Waals surface area contributed by atoms with E-state index in [0.29, 0.717) is 33.2 Å². The van der Waals surface area contributed by atoms with E-state index in [0.717, 1.165) is 50.6 Å². The summed E-state index contributed by atoms with van der Waals surface area (Å²) in [6, 6.07) is 85.1. The highest BCUT2D eigenvalue weighted by Gasteiger charge is 2.33. The lowest BCUT2D eigenvalue weighted by atomic mass is 9.97. The molecule has 0 saturated heterocycles. The number of rotatable bonds is 32. The van der Waals surface area contributed by atoms with E-state index < -0.39 is 124 Å². The molecule has 656 valence electrons. The van der Waals surface area contributed by atoms with Crippen molar-refractivity contribution in [2.75, 3.05) is 6.79 Å². The van der Waals surface area contributed by atoms with Crippen LogP contribution in [0.25, 0.3) is 22.3 Å². The van der Waals surface area contributed by atoms with Crippen LogP contribution in [-0.4, -0.2) is 125 Å². The van der Waals surface area contributed by atoms with Crippen molar-refractivity contribution in [3.05, 3.63) is 392 Å². The predicted octanol–water partition coefficient (Wildman–Crippen LogP) is 10.6. The molecule has 1 aliphatic heterocycles. The van der Waals surface area contributed by atoms with Crippen LogP contribution in [0.15, 0.2) is 315 Å². The minimum absolute atomic E-state index is 0.0559. The van der Waals surface area contributed by atoms with E-state index >= 15 is 0 Å². The molecule has 0 fully saturated rings. The highest BCUT2D eigenvalue weighted by atomic mass is 35.5. The third kappa shape index (κ3) is 29.6. The average Bonchev–Trinajstić information content (AvgIpc) is 0.874. The normalized spacial score (nSPS) is 11.8. The van der Waals surface area contributed by atoms with Crippen LogP contribution in [-0.2, 0) is 80.0 Å². The quantitative estimate of drug-likeness (QED) is 0.0175. The summed E-state index contributed by atoms with van der Waals surface area (Å²) in [6.45, 7) is 0.0944. The fraction of sp³-hybridized carbons (Fsp3) is 0.112. The molecule has 31 heteroatoms. The molecule has 12 aromatic carbocycles. The Hall–Kier alpha value is -15.9. The van der Waals surface area contributed by atoms with E-state index in [1.165, 1.54) is 42.5 Å². The third-order valence-corrected chi connectivity index (χ3v) is 20.1. The van der Waals surface area contributed by atoms with Crippen LogP contribution in [0.2, 0.25) is 15.1 Å². The zero-order valence-electron chi connectivity index (χ0n) is 68.5. The molecule has 0 spiro atoms. The largest absolute Gasteiger partial charge is 0.454 e. The van der Waals surface area contributed by atoms with Crippen molar-refractivity contribution in [2.45, 2.75) is 62.3 Å². The van der Waals surface area contributed by atoms with Crippen molar-refractivity contribution in [1.29, 1.82) is 0 Å². The highest BCUT2D eigenvalue weighted by molar-refractivity contribution is 6.41. The van der Waals surface area contributed by atoms with Gasteiger partial charge in [0.25, 0.3) is 59.1 Å². The van der Waals surface area contributed by atoms with Crippen LogP contribution in [0.3, 0.4) is 0 Å². The van der Waals surface area contributed by atoms with Gasteiger partial charge in [0, 0.05) is 53.8 Å². The molecule has 0 bridgehead atoms. The SMILES string of the molecule is NC(=O)C(=O)C(Cc1ccccc1)NC(=O)c1ccc2c(c1)OCO2.NC(=O)C(=O)C(Cc1ccccc1)NC(=O)c1cccc(F)c1.NC(=O)C(=O)[C@H](Cc1ccccc1)NC(=O)c1c(Cl)cccc1-c1ccccc1.NC(=O)C(=O)[C@H](Cc1ccccc1)NC(=O)c1cc(Cl)ccc1Cl.NC(=O)C(=O)[C@H](Cc1ccccc1)NC(=O)c1ccc(-c2ccccc2)cc1. The molecule has 12 aromatic rings. The monoisotopic (exact) mass is 1800 g/mol. The van der Waals surface area contributed by atoms with Crippen LogP contribution in [0.1, 0.15) is 79.6 Å². The summed E-state index contributed by atoms with van der Waals surface area (Å²) in [4.78, 5) is 180. The van der Waals surface area contributed by atoms with Gasteiger partial charge in [-0.05, 0) is 123 Å². The van der Waals surface area contributed by atoms with Crippen LogP contribution in [0.5, 0.6) is 11.5 Å². The number of benzene rings is 12. The molecule has 0 radical (unpaired) electrons. The van der Waals surface area contributed by atoms with Crippen molar-refractivity contribution < 1.29 is 85.8 Å². The summed E-state index contributed by atoms with van der Waals surface area (Å²) in [5, 5.41) is 13.5. The lowest BCUT2D eigenvalue weighted by molar-refractivity contribution is -0.137. The van der Waals surface area contributed by atoms with E-state index in [4.69, 9.17) is 72.9 Å². The van der Waals surface area contributed by atoms with E-state index in [1.807, 2.05) is 133 Å². The van der Waals surface area contributed by atoms with Crippen LogP contribution >= 0.6 is 34.8 Å². The third-order valence-electron chi connectivity index (χ3n) is 19.2. The first-order valence-electron chi connectivity index (χ1n) is 39.4. The number of Topliss-reactive ketones (excluding diaryl/α,β-unsaturated/α-hetero) is 5.